The third kappa shape index (κ3) is 5.29. The maximum absolute atomic E-state index is 2.62. The Morgan fingerprint density at radius 3 is 1.35 bits per heavy atom. The molecule has 1 nitrogen and oxygen atoms in total. The van der Waals surface area contributed by atoms with Gasteiger partial charge in [0.1, 0.15) is 0 Å². The first-order chi connectivity index (χ1) is 30.4. The van der Waals surface area contributed by atoms with Crippen LogP contribution in [0.15, 0.2) is 164 Å². The summed E-state index contributed by atoms with van der Waals surface area (Å²) in [4.78, 5) is 2.52. The summed E-state index contributed by atoms with van der Waals surface area (Å²) in [6.45, 7) is 18.9. The van der Waals surface area contributed by atoms with Crippen molar-refractivity contribution in [3.63, 3.8) is 0 Å². The summed E-state index contributed by atoms with van der Waals surface area (Å²) in [7, 11) is 0. The fraction of sp³-hybridized carbons (Fsp3) is 0.194. The quantitative estimate of drug-likeness (QED) is 0.157. The summed E-state index contributed by atoms with van der Waals surface area (Å²) in [6.07, 6.45) is 0. The minimum atomic E-state index is -0.277. The molecule has 0 amide bonds. The molecule has 1 heteroatoms. The molecule has 0 heterocycles. The highest BCUT2D eigenvalue weighted by molar-refractivity contribution is 6.29. The Hall–Kier alpha value is -6.70. The van der Waals surface area contributed by atoms with Crippen molar-refractivity contribution >= 4 is 70.9 Å². The van der Waals surface area contributed by atoms with Gasteiger partial charge in [-0.25, -0.2) is 0 Å². The summed E-state index contributed by atoms with van der Waals surface area (Å²) in [5, 5.41) is 13.2. The van der Waals surface area contributed by atoms with E-state index in [0.717, 1.165) is 0 Å². The molecule has 0 aliphatic heterocycles. The maximum atomic E-state index is 2.62. The lowest BCUT2D eigenvalue weighted by Crippen LogP contribution is -2.18. The van der Waals surface area contributed by atoms with E-state index in [4.69, 9.17) is 0 Å². The smallest absolute Gasteiger partial charge is 0.0543 e. The lowest BCUT2D eigenvalue weighted by Gasteiger charge is -2.30. The second kappa shape index (κ2) is 13.4. The van der Waals surface area contributed by atoms with Crippen molar-refractivity contribution in [3.05, 3.63) is 197 Å². The van der Waals surface area contributed by atoms with Crippen LogP contribution >= 0.6 is 0 Å². The van der Waals surface area contributed by atoms with E-state index in [1.165, 1.54) is 127 Å². The van der Waals surface area contributed by atoms with E-state index in [9.17, 15) is 0 Å². The topological polar surface area (TPSA) is 3.24 Å². The largest absolute Gasteiger partial charge is 0.310 e. The van der Waals surface area contributed by atoms with Crippen LogP contribution in [-0.4, -0.2) is 0 Å². The molecule has 12 rings (SSSR count). The highest BCUT2D eigenvalue weighted by Gasteiger charge is 2.44. The van der Waals surface area contributed by atoms with Gasteiger partial charge in [0.25, 0.3) is 0 Å². The summed E-state index contributed by atoms with van der Waals surface area (Å²) in [6, 6.07) is 63.0. The Morgan fingerprint density at radius 2 is 0.794 bits per heavy atom. The van der Waals surface area contributed by atoms with Crippen molar-refractivity contribution in [1.29, 1.82) is 0 Å². The third-order valence-electron chi connectivity index (χ3n) is 15.2. The maximum Gasteiger partial charge on any atom is 0.0543 e. The summed E-state index contributed by atoms with van der Waals surface area (Å²) in [5.74, 6) is 0.915. The second-order valence-corrected chi connectivity index (χ2v) is 20.1. The Balaban J connectivity index is 1.16. The molecule has 0 radical (unpaired) electrons. The zero-order valence-electron chi connectivity index (χ0n) is 37.7. The number of hydrogen-bond acceptors (Lipinski definition) is 1. The van der Waals surface area contributed by atoms with Crippen LogP contribution < -0.4 is 4.90 Å². The first-order valence-corrected chi connectivity index (χ1v) is 23.0. The lowest BCUT2D eigenvalue weighted by atomic mass is 9.79. The van der Waals surface area contributed by atoms with Crippen LogP contribution in [0.1, 0.15) is 101 Å². The normalized spacial score (nSPS) is 14.6. The van der Waals surface area contributed by atoms with Crippen molar-refractivity contribution in [2.45, 2.75) is 78.1 Å². The molecular weight excluding hydrogens is 759 g/mol. The molecule has 10 aromatic rings. The van der Waals surface area contributed by atoms with Crippen molar-refractivity contribution in [1.82, 2.24) is 0 Å². The third-order valence-corrected chi connectivity index (χ3v) is 15.2. The lowest BCUT2D eigenvalue weighted by molar-refractivity contribution is 0.652. The van der Waals surface area contributed by atoms with Crippen LogP contribution in [0.3, 0.4) is 0 Å². The summed E-state index contributed by atoms with van der Waals surface area (Å²) in [5.41, 5.74) is 16.9. The molecule has 0 aromatic heterocycles. The second-order valence-electron chi connectivity index (χ2n) is 20.1. The molecule has 0 saturated carbocycles. The molecule has 0 atom stereocenters. The van der Waals surface area contributed by atoms with Crippen LogP contribution in [-0.2, 0) is 10.8 Å². The average Bonchev–Trinajstić information content (AvgIpc) is 3.67. The minimum absolute atomic E-state index is 0.188. The van der Waals surface area contributed by atoms with Crippen LogP contribution in [0.4, 0.5) is 17.1 Å². The molecule has 0 saturated heterocycles. The molecule has 0 unspecified atom stereocenters. The fourth-order valence-electron chi connectivity index (χ4n) is 11.7. The SMILES string of the molecule is CC(C)c1ccc(N(c2ccc(C(C)C)cc2)c2cc3c(c4c2ccc2ccccc24)-c2cc4c(cc2C3(C)C)-c2c(ccc3c5ccccc5c5ccccc5c23)C4(C)C)cc1. The van der Waals surface area contributed by atoms with Crippen LogP contribution in [0.2, 0.25) is 0 Å². The van der Waals surface area contributed by atoms with Crippen molar-refractivity contribution in [2.24, 2.45) is 0 Å². The van der Waals surface area contributed by atoms with E-state index in [1.807, 2.05) is 0 Å². The van der Waals surface area contributed by atoms with Gasteiger partial charge in [0.15, 0.2) is 0 Å². The first kappa shape index (κ1) is 38.0. The van der Waals surface area contributed by atoms with Gasteiger partial charge >= 0.3 is 0 Å². The zero-order chi connectivity index (χ0) is 43.1. The van der Waals surface area contributed by atoms with Gasteiger partial charge in [0, 0.05) is 27.6 Å². The van der Waals surface area contributed by atoms with Gasteiger partial charge in [-0.2, -0.15) is 0 Å². The molecule has 0 spiro atoms. The van der Waals surface area contributed by atoms with Gasteiger partial charge < -0.3 is 4.90 Å². The fourth-order valence-corrected chi connectivity index (χ4v) is 11.7. The Kier molecular flexibility index (Phi) is 8.09. The molecule has 0 fully saturated rings. The average molecular weight is 812 g/mol. The first-order valence-electron chi connectivity index (χ1n) is 23.0. The molecule has 2 aliphatic carbocycles. The van der Waals surface area contributed by atoms with Gasteiger partial charge in [-0.15, -0.1) is 0 Å². The van der Waals surface area contributed by atoms with E-state index < -0.39 is 0 Å². The van der Waals surface area contributed by atoms with Crippen molar-refractivity contribution in [2.75, 3.05) is 4.90 Å². The predicted octanol–water partition coefficient (Wildman–Crippen LogP) is 17.8. The highest BCUT2D eigenvalue weighted by atomic mass is 15.1. The predicted molar refractivity (Wildman–Crippen MR) is 272 cm³/mol. The van der Waals surface area contributed by atoms with Crippen LogP contribution in [0.25, 0.3) is 76.1 Å². The number of benzene rings is 10. The zero-order valence-corrected chi connectivity index (χ0v) is 37.7. The molecule has 0 bridgehead atoms. The van der Waals surface area contributed by atoms with Crippen LogP contribution in [0.5, 0.6) is 0 Å². The number of hydrogen-bond donors (Lipinski definition) is 0. The monoisotopic (exact) mass is 811 g/mol. The van der Waals surface area contributed by atoms with E-state index in [2.05, 4.69) is 224 Å². The molecular formula is C62H53N. The number of fused-ring (bicyclic) bond motifs is 17. The minimum Gasteiger partial charge on any atom is -0.310 e. The van der Waals surface area contributed by atoms with E-state index in [0.29, 0.717) is 11.8 Å². The summed E-state index contributed by atoms with van der Waals surface area (Å²) >= 11 is 0. The molecule has 0 N–H and O–H groups in total. The number of rotatable bonds is 5. The molecule has 306 valence electrons. The number of nitrogens with zero attached hydrogens (tertiary/aromatic N) is 1. The van der Waals surface area contributed by atoms with Gasteiger partial charge in [-0.3, -0.25) is 0 Å². The van der Waals surface area contributed by atoms with Gasteiger partial charge in [-0.05, 0) is 158 Å². The van der Waals surface area contributed by atoms with E-state index >= 15 is 0 Å². The highest BCUT2D eigenvalue weighted by Crippen LogP contribution is 2.61. The van der Waals surface area contributed by atoms with Gasteiger partial charge in [-0.1, -0.05) is 177 Å². The molecule has 63 heavy (non-hydrogen) atoms. The van der Waals surface area contributed by atoms with Crippen molar-refractivity contribution < 1.29 is 0 Å². The van der Waals surface area contributed by atoms with Crippen LogP contribution in [0, 0.1) is 0 Å². The Labute approximate surface area is 371 Å². The molecule has 10 aromatic carbocycles. The Morgan fingerprint density at radius 1 is 0.365 bits per heavy atom. The van der Waals surface area contributed by atoms with E-state index in [-0.39, 0.29) is 10.8 Å². The Bertz CT molecular complexity index is 3460. The van der Waals surface area contributed by atoms with Gasteiger partial charge in [0.05, 0.1) is 5.69 Å². The van der Waals surface area contributed by atoms with E-state index in [1.54, 1.807) is 0 Å². The number of anilines is 3. The van der Waals surface area contributed by atoms with Crippen molar-refractivity contribution in [3.8, 4) is 22.3 Å². The standard InChI is InChI=1S/C62H53N/c1-36(2)38-21-26-41(27-22-38)63(42-28-23-39(24-29-42)37(3)4)56-35-55-60(57-43-16-10-9-15-40(43)25-30-49(56)57)51-34-53-50(33-54(51)62(55,7)8)59-52(61(53,5)6)32-31-48-46-19-12-11-17-44(46)45-18-13-14-20-47(45)58(48)59/h9-37H,1-8H3. The van der Waals surface area contributed by atoms with Gasteiger partial charge in [0.2, 0.25) is 0 Å². The summed E-state index contributed by atoms with van der Waals surface area (Å²) < 4.78 is 0. The molecule has 2 aliphatic rings.